The highest BCUT2D eigenvalue weighted by atomic mass is 16.5. The average molecular weight is 224 g/mol. The molecule has 4 heteroatoms. The number of nitrogens with one attached hydrogen (secondary N) is 1. The maximum Gasteiger partial charge on any atom is 0.250 e. The molecule has 1 amide bonds. The summed E-state index contributed by atoms with van der Waals surface area (Å²) in [6.07, 6.45) is 8.31. The van der Waals surface area contributed by atoms with Gasteiger partial charge in [0.15, 0.2) is 0 Å². The summed E-state index contributed by atoms with van der Waals surface area (Å²) >= 11 is 0. The van der Waals surface area contributed by atoms with Gasteiger partial charge in [-0.3, -0.25) is 4.79 Å². The summed E-state index contributed by atoms with van der Waals surface area (Å²) in [4.78, 5) is 11.8. The molecule has 3 unspecified atom stereocenters. The molecule has 1 aliphatic rings. The van der Waals surface area contributed by atoms with Crippen molar-refractivity contribution in [3.63, 3.8) is 0 Å². The third kappa shape index (κ3) is 3.51. The van der Waals surface area contributed by atoms with Crippen LogP contribution in [0.25, 0.3) is 0 Å². The van der Waals surface area contributed by atoms with Crippen molar-refractivity contribution < 1.29 is 9.53 Å². The molecule has 0 aromatic carbocycles. The number of carbonyl (C=O) groups is 1. The molecule has 0 saturated carbocycles. The van der Waals surface area contributed by atoms with Gasteiger partial charge in [-0.15, -0.1) is 6.42 Å². The van der Waals surface area contributed by atoms with Crippen LogP contribution in [0.5, 0.6) is 0 Å². The Kier molecular flexibility index (Phi) is 5.30. The van der Waals surface area contributed by atoms with Crippen molar-refractivity contribution in [3.8, 4) is 12.3 Å². The molecule has 0 radical (unpaired) electrons. The molecule has 0 aromatic rings. The number of nitrogens with two attached hydrogens (primary N) is 1. The van der Waals surface area contributed by atoms with Gasteiger partial charge in [-0.25, -0.2) is 0 Å². The van der Waals surface area contributed by atoms with Crippen LogP contribution in [0.15, 0.2) is 0 Å². The van der Waals surface area contributed by atoms with Crippen LogP contribution in [-0.4, -0.2) is 30.7 Å². The molecule has 4 nitrogen and oxygen atoms in total. The normalized spacial score (nSPS) is 26.1. The zero-order valence-electron chi connectivity index (χ0n) is 9.74. The van der Waals surface area contributed by atoms with Crippen molar-refractivity contribution in [1.82, 2.24) is 5.32 Å². The van der Waals surface area contributed by atoms with Gasteiger partial charge < -0.3 is 15.8 Å². The van der Waals surface area contributed by atoms with Crippen LogP contribution in [0.4, 0.5) is 0 Å². The lowest BCUT2D eigenvalue weighted by Gasteiger charge is -2.16. The average Bonchev–Trinajstić information content (AvgIpc) is 2.76. The van der Waals surface area contributed by atoms with E-state index in [0.717, 1.165) is 25.7 Å². The first-order chi connectivity index (χ1) is 7.71. The third-order valence-corrected chi connectivity index (χ3v) is 2.76. The number of hydrogen-bond donors (Lipinski definition) is 2. The van der Waals surface area contributed by atoms with E-state index in [2.05, 4.69) is 11.2 Å². The lowest BCUT2D eigenvalue weighted by Crippen LogP contribution is -2.41. The summed E-state index contributed by atoms with van der Waals surface area (Å²) < 4.78 is 5.49. The molecule has 0 bridgehead atoms. The highest BCUT2D eigenvalue weighted by Gasteiger charge is 2.30. The van der Waals surface area contributed by atoms with Crippen LogP contribution < -0.4 is 11.1 Å². The number of carbonyl (C=O) groups excluding carboxylic acids is 1. The first-order valence-electron chi connectivity index (χ1n) is 5.83. The van der Waals surface area contributed by atoms with Gasteiger partial charge >= 0.3 is 0 Å². The smallest absolute Gasteiger partial charge is 0.250 e. The Morgan fingerprint density at radius 3 is 2.94 bits per heavy atom. The Balaban J connectivity index is 2.38. The van der Waals surface area contributed by atoms with Gasteiger partial charge in [0.25, 0.3) is 0 Å². The number of rotatable bonds is 5. The first kappa shape index (κ1) is 13.0. The largest absolute Gasteiger partial charge is 0.364 e. The minimum absolute atomic E-state index is 0.0196. The van der Waals surface area contributed by atoms with Crippen molar-refractivity contribution in [2.75, 3.05) is 6.54 Å². The zero-order valence-corrected chi connectivity index (χ0v) is 9.74. The highest BCUT2D eigenvalue weighted by molar-refractivity contribution is 5.81. The van der Waals surface area contributed by atoms with Gasteiger partial charge in [0.1, 0.15) is 6.10 Å². The third-order valence-electron chi connectivity index (χ3n) is 2.76. The topological polar surface area (TPSA) is 64.4 Å². The van der Waals surface area contributed by atoms with Crippen molar-refractivity contribution in [3.05, 3.63) is 0 Å². The summed E-state index contributed by atoms with van der Waals surface area (Å²) in [6, 6.07) is -0.182. The van der Waals surface area contributed by atoms with E-state index in [1.807, 2.05) is 6.92 Å². The summed E-state index contributed by atoms with van der Waals surface area (Å²) in [5.74, 6) is 2.47. The predicted molar refractivity (Wildman–Crippen MR) is 62.6 cm³/mol. The lowest BCUT2D eigenvalue weighted by atomic mass is 10.1. The Morgan fingerprint density at radius 2 is 2.44 bits per heavy atom. The first-order valence-corrected chi connectivity index (χ1v) is 5.83. The van der Waals surface area contributed by atoms with E-state index >= 15 is 0 Å². The van der Waals surface area contributed by atoms with Gasteiger partial charge in [-0.2, -0.15) is 0 Å². The quantitative estimate of drug-likeness (QED) is 0.665. The molecule has 3 atom stereocenters. The van der Waals surface area contributed by atoms with Crippen LogP contribution >= 0.6 is 0 Å². The molecule has 0 aromatic heterocycles. The molecule has 90 valence electrons. The fourth-order valence-electron chi connectivity index (χ4n) is 1.82. The van der Waals surface area contributed by atoms with Crippen molar-refractivity contribution in [2.24, 2.45) is 5.73 Å². The second-order valence-electron chi connectivity index (χ2n) is 4.08. The number of terminal acetylenes is 1. The van der Waals surface area contributed by atoms with E-state index in [0.29, 0.717) is 6.54 Å². The van der Waals surface area contributed by atoms with E-state index in [-0.39, 0.29) is 24.2 Å². The van der Waals surface area contributed by atoms with E-state index in [9.17, 15) is 4.79 Å². The van der Waals surface area contributed by atoms with E-state index < -0.39 is 0 Å². The zero-order chi connectivity index (χ0) is 12.0. The Labute approximate surface area is 96.9 Å². The van der Waals surface area contributed by atoms with E-state index in [1.54, 1.807) is 0 Å². The van der Waals surface area contributed by atoms with Crippen molar-refractivity contribution in [2.45, 2.75) is 50.9 Å². The predicted octanol–water partition coefficient (Wildman–Crippen LogP) is 0.411. The maximum absolute atomic E-state index is 11.8. The van der Waals surface area contributed by atoms with Crippen molar-refractivity contribution in [1.29, 1.82) is 0 Å². The molecule has 1 aliphatic heterocycles. The minimum Gasteiger partial charge on any atom is -0.364 e. The lowest BCUT2D eigenvalue weighted by molar-refractivity contribution is -0.132. The van der Waals surface area contributed by atoms with E-state index in [1.165, 1.54) is 0 Å². The van der Waals surface area contributed by atoms with E-state index in [4.69, 9.17) is 16.9 Å². The molecule has 0 spiro atoms. The molecular weight excluding hydrogens is 204 g/mol. The monoisotopic (exact) mass is 224 g/mol. The molecular formula is C12H20N2O2. The maximum atomic E-state index is 11.8. The van der Waals surface area contributed by atoms with Crippen LogP contribution in [0, 0.1) is 12.3 Å². The summed E-state index contributed by atoms with van der Waals surface area (Å²) in [6.45, 7) is 2.50. The molecule has 1 rings (SSSR count). The molecule has 16 heavy (non-hydrogen) atoms. The fourth-order valence-corrected chi connectivity index (χ4v) is 1.82. The van der Waals surface area contributed by atoms with Crippen LogP contribution in [0.1, 0.15) is 32.6 Å². The molecule has 1 heterocycles. The van der Waals surface area contributed by atoms with Gasteiger partial charge in [-0.1, -0.05) is 19.3 Å². The molecule has 1 saturated heterocycles. The number of hydrogen-bond acceptors (Lipinski definition) is 3. The van der Waals surface area contributed by atoms with Crippen LogP contribution in [0.2, 0.25) is 0 Å². The number of ether oxygens (including phenoxy) is 1. The highest BCUT2D eigenvalue weighted by Crippen LogP contribution is 2.19. The van der Waals surface area contributed by atoms with Gasteiger partial charge in [-0.05, 0) is 19.3 Å². The summed E-state index contributed by atoms with van der Waals surface area (Å²) in [5, 5.41) is 2.81. The molecule has 0 aliphatic carbocycles. The molecule has 1 fully saturated rings. The minimum atomic E-state index is -0.374. The van der Waals surface area contributed by atoms with Crippen LogP contribution in [0.3, 0.4) is 0 Å². The molecule has 3 N–H and O–H groups in total. The van der Waals surface area contributed by atoms with Gasteiger partial charge in [0, 0.05) is 6.54 Å². The summed E-state index contributed by atoms with van der Waals surface area (Å²) in [7, 11) is 0. The SMILES string of the molecule is C#CC(CCC)NC(=O)C1CCC(CN)O1. The van der Waals surface area contributed by atoms with Crippen molar-refractivity contribution >= 4 is 5.91 Å². The second-order valence-corrected chi connectivity index (χ2v) is 4.08. The summed E-state index contributed by atoms with van der Waals surface area (Å²) in [5.41, 5.74) is 5.48. The Bertz CT molecular complexity index is 273. The standard InChI is InChI=1S/C12H20N2O2/c1-3-5-9(4-2)14-12(15)11-7-6-10(8-13)16-11/h2,9-11H,3,5-8,13H2,1H3,(H,14,15). The second kappa shape index (κ2) is 6.51. The van der Waals surface area contributed by atoms with Gasteiger partial charge in [0.2, 0.25) is 5.91 Å². The Hall–Kier alpha value is -1.05. The van der Waals surface area contributed by atoms with Gasteiger partial charge in [0.05, 0.1) is 12.1 Å². The fraction of sp³-hybridized carbons (Fsp3) is 0.750. The number of amides is 1. The Morgan fingerprint density at radius 1 is 1.69 bits per heavy atom. The van der Waals surface area contributed by atoms with Crippen LogP contribution in [-0.2, 0) is 9.53 Å².